The second-order valence-corrected chi connectivity index (χ2v) is 8.58. The molecule has 0 aliphatic carbocycles. The van der Waals surface area contributed by atoms with Gasteiger partial charge in [-0.1, -0.05) is 31.5 Å². The Labute approximate surface area is 159 Å². The molecule has 0 spiro atoms. The summed E-state index contributed by atoms with van der Waals surface area (Å²) < 4.78 is 5.68. The number of quaternary nitrogens is 1. The fourth-order valence-electron chi connectivity index (χ4n) is 3.03. The third-order valence-electron chi connectivity index (χ3n) is 4.17. The number of halogens is 1. The van der Waals surface area contributed by atoms with Gasteiger partial charge in [0.15, 0.2) is 0 Å². The molecule has 0 saturated carbocycles. The number of nitrogens with zero attached hydrogens (tertiary/aromatic N) is 3. The Balaban J connectivity index is 1.84. The van der Waals surface area contributed by atoms with Crippen molar-refractivity contribution in [3.63, 3.8) is 0 Å². The lowest BCUT2D eigenvalue weighted by molar-refractivity contribution is 0.00559. The van der Waals surface area contributed by atoms with Gasteiger partial charge in [0.05, 0.1) is 22.1 Å². The summed E-state index contributed by atoms with van der Waals surface area (Å²) >= 11 is 4.61. The Hall–Kier alpha value is -1.32. The van der Waals surface area contributed by atoms with E-state index in [0.29, 0.717) is 17.2 Å². The highest BCUT2D eigenvalue weighted by atomic mass is 79.9. The summed E-state index contributed by atoms with van der Waals surface area (Å²) in [4.78, 5) is 18.8. The molecule has 25 heavy (non-hydrogen) atoms. The largest absolute Gasteiger partial charge is 0.622 e. The first kappa shape index (κ1) is 18.5. The molecule has 3 rings (SSSR count). The smallest absolute Gasteiger partial charge is 0.342 e. The molecule has 2 heterocycles. The molecular formula is C17H20BrN3O3S. The lowest BCUT2D eigenvalue weighted by atomic mass is 10.0. The van der Waals surface area contributed by atoms with E-state index in [2.05, 4.69) is 27.8 Å². The van der Waals surface area contributed by atoms with Gasteiger partial charge in [-0.05, 0) is 52.4 Å². The van der Waals surface area contributed by atoms with Crippen molar-refractivity contribution in [2.75, 3.05) is 20.3 Å². The van der Waals surface area contributed by atoms with Crippen LogP contribution in [0.1, 0.15) is 29.3 Å². The quantitative estimate of drug-likeness (QED) is 0.414. The van der Waals surface area contributed by atoms with Crippen molar-refractivity contribution >= 4 is 38.4 Å². The number of hydrogen-bond donors (Lipinski definition) is 0. The Kier molecular flexibility index (Phi) is 5.55. The number of hydrogen-bond acceptors (Lipinski definition) is 6. The van der Waals surface area contributed by atoms with E-state index in [1.54, 1.807) is 12.3 Å². The zero-order valence-corrected chi connectivity index (χ0v) is 16.5. The third kappa shape index (κ3) is 3.78. The third-order valence-corrected chi connectivity index (χ3v) is 5.76. The minimum absolute atomic E-state index is 0.203. The molecule has 6 nitrogen and oxygen atoms in total. The number of benzene rings is 1. The van der Waals surface area contributed by atoms with E-state index in [-0.39, 0.29) is 6.67 Å². The number of rotatable bonds is 5. The number of aryl methyl sites for hydroxylation is 1. The molecule has 0 N–H and O–H groups in total. The monoisotopic (exact) mass is 425 g/mol. The van der Waals surface area contributed by atoms with Crippen LogP contribution < -0.4 is 4.65 Å². The standard InChI is InChI=1S/C17H20BrN3O3S/c1-3-6-12-7-4-5-8-13(12)16(22)24-15-10-20(2)11-21(15,23)17-19-9-14(18)25-17/h4-5,7-9,15H,3,6,10-11H2,1-2H3. The average Bonchev–Trinajstić information content (AvgIpc) is 3.13. The number of aromatic nitrogens is 1. The van der Waals surface area contributed by atoms with Crippen LogP contribution in [0, 0.1) is 5.21 Å². The molecule has 2 atom stereocenters. The zero-order chi connectivity index (χ0) is 18.0. The van der Waals surface area contributed by atoms with Crippen molar-refractivity contribution in [2.45, 2.75) is 26.0 Å². The van der Waals surface area contributed by atoms with Crippen LogP contribution in [0.4, 0.5) is 5.13 Å². The van der Waals surface area contributed by atoms with Crippen LogP contribution in [0.15, 0.2) is 34.2 Å². The van der Waals surface area contributed by atoms with Gasteiger partial charge in [0.25, 0.3) is 11.4 Å². The topological polar surface area (TPSA) is 65.5 Å². The van der Waals surface area contributed by atoms with E-state index in [0.717, 1.165) is 22.2 Å². The minimum Gasteiger partial charge on any atom is -0.622 e. The van der Waals surface area contributed by atoms with Crippen LogP contribution in [0.25, 0.3) is 0 Å². The molecular weight excluding hydrogens is 406 g/mol. The molecule has 2 unspecified atom stereocenters. The second kappa shape index (κ2) is 7.51. The average molecular weight is 426 g/mol. The van der Waals surface area contributed by atoms with Gasteiger partial charge in [0, 0.05) is 0 Å². The lowest BCUT2D eigenvalue weighted by Crippen LogP contribution is -2.50. The normalized spacial score (nSPS) is 23.8. The van der Waals surface area contributed by atoms with Gasteiger partial charge in [-0.15, -0.1) is 0 Å². The number of carbonyl (C=O) groups is 1. The summed E-state index contributed by atoms with van der Waals surface area (Å²) in [5, 5.41) is 13.8. The van der Waals surface area contributed by atoms with Gasteiger partial charge in [0.1, 0.15) is 6.67 Å². The molecule has 0 amide bonds. The van der Waals surface area contributed by atoms with Crippen LogP contribution >= 0.6 is 27.3 Å². The molecule has 2 aromatic rings. The molecule has 8 heteroatoms. The van der Waals surface area contributed by atoms with Gasteiger partial charge in [0.2, 0.25) is 0 Å². The first-order valence-electron chi connectivity index (χ1n) is 8.12. The zero-order valence-electron chi connectivity index (χ0n) is 14.1. The van der Waals surface area contributed by atoms with Crippen LogP contribution in [-0.2, 0) is 11.2 Å². The van der Waals surface area contributed by atoms with Crippen molar-refractivity contribution in [1.29, 1.82) is 0 Å². The van der Waals surface area contributed by atoms with Crippen LogP contribution in [0.2, 0.25) is 0 Å². The van der Waals surface area contributed by atoms with Crippen LogP contribution in [0.3, 0.4) is 0 Å². The number of thiazole rings is 1. The Bertz CT molecular complexity index is 769. The Morgan fingerprint density at radius 2 is 2.28 bits per heavy atom. The number of hydroxylamine groups is 2. The molecule has 134 valence electrons. The highest BCUT2D eigenvalue weighted by Crippen LogP contribution is 2.36. The predicted octanol–water partition coefficient (Wildman–Crippen LogP) is 3.75. The molecule has 1 aliphatic rings. The van der Waals surface area contributed by atoms with E-state index in [1.165, 1.54) is 11.3 Å². The summed E-state index contributed by atoms with van der Waals surface area (Å²) in [7, 11) is 1.84. The maximum absolute atomic E-state index is 13.4. The fourth-order valence-corrected chi connectivity index (χ4v) is 4.28. The molecule has 0 radical (unpaired) electrons. The number of likely N-dealkylation sites (N-methyl/N-ethyl adjacent to an activating group) is 1. The van der Waals surface area contributed by atoms with Crippen molar-refractivity contribution in [3.8, 4) is 0 Å². The summed E-state index contributed by atoms with van der Waals surface area (Å²) in [5.41, 5.74) is 1.48. The van der Waals surface area contributed by atoms with Gasteiger partial charge in [-0.3, -0.25) is 4.65 Å². The van der Waals surface area contributed by atoms with Crippen molar-refractivity contribution in [1.82, 2.24) is 14.5 Å². The first-order valence-corrected chi connectivity index (χ1v) is 9.73. The Morgan fingerprint density at radius 1 is 1.52 bits per heavy atom. The molecule has 1 aliphatic heterocycles. The molecule has 1 fully saturated rings. The summed E-state index contributed by atoms with van der Waals surface area (Å²) in [6.45, 7) is 2.64. The fraction of sp³-hybridized carbons (Fsp3) is 0.412. The van der Waals surface area contributed by atoms with Gasteiger partial charge >= 0.3 is 5.97 Å². The molecule has 0 bridgehead atoms. The molecule has 1 saturated heterocycles. The number of esters is 1. The van der Waals surface area contributed by atoms with E-state index in [4.69, 9.17) is 4.74 Å². The highest BCUT2D eigenvalue weighted by molar-refractivity contribution is 9.11. The summed E-state index contributed by atoms with van der Waals surface area (Å²) in [6, 6.07) is 7.41. The Morgan fingerprint density at radius 3 is 2.96 bits per heavy atom. The van der Waals surface area contributed by atoms with Gasteiger partial charge in [-0.2, -0.15) is 4.98 Å². The van der Waals surface area contributed by atoms with E-state index < -0.39 is 16.8 Å². The van der Waals surface area contributed by atoms with E-state index in [1.807, 2.05) is 30.1 Å². The van der Waals surface area contributed by atoms with Gasteiger partial charge < -0.3 is 9.94 Å². The maximum Gasteiger partial charge on any atom is 0.342 e. The second-order valence-electron chi connectivity index (χ2n) is 6.19. The highest BCUT2D eigenvalue weighted by Gasteiger charge is 2.45. The van der Waals surface area contributed by atoms with Crippen molar-refractivity contribution in [3.05, 3.63) is 50.6 Å². The maximum atomic E-state index is 13.4. The first-order chi connectivity index (χ1) is 11.9. The predicted molar refractivity (Wildman–Crippen MR) is 102 cm³/mol. The molecule has 1 aromatic carbocycles. The number of ether oxygens (including phenoxy) is 1. The SMILES string of the molecule is CCCc1ccccc1C(=O)OC1CN(C)C[N+]1([O-])c1ncc(Br)s1. The van der Waals surface area contributed by atoms with E-state index in [9.17, 15) is 10.0 Å². The van der Waals surface area contributed by atoms with Gasteiger partial charge in [-0.25, -0.2) is 9.69 Å². The summed E-state index contributed by atoms with van der Waals surface area (Å²) in [5.74, 6) is -0.446. The summed E-state index contributed by atoms with van der Waals surface area (Å²) in [6.07, 6.45) is 2.51. The van der Waals surface area contributed by atoms with E-state index >= 15 is 0 Å². The van der Waals surface area contributed by atoms with Crippen LogP contribution in [-0.4, -0.2) is 42.3 Å². The molecule has 1 aromatic heterocycles. The van der Waals surface area contributed by atoms with Crippen molar-refractivity contribution in [2.24, 2.45) is 0 Å². The number of carbonyl (C=O) groups excluding carboxylic acids is 1. The lowest BCUT2D eigenvalue weighted by Gasteiger charge is -2.38. The van der Waals surface area contributed by atoms with Crippen molar-refractivity contribution < 1.29 is 9.53 Å². The van der Waals surface area contributed by atoms with Crippen LogP contribution in [0.5, 0.6) is 0 Å². The minimum atomic E-state index is -0.828.